The molecule has 0 aliphatic rings. The van der Waals surface area contributed by atoms with Gasteiger partial charge in [0.25, 0.3) is 0 Å². The van der Waals surface area contributed by atoms with Crippen molar-refractivity contribution in [3.8, 4) is 0 Å². The zero-order valence-corrected chi connectivity index (χ0v) is 13.3. The highest BCUT2D eigenvalue weighted by Crippen LogP contribution is 2.23. The van der Waals surface area contributed by atoms with E-state index in [1.807, 2.05) is 0 Å². The standard InChI is InChI=1S/C13H18ClN3O3.ClH/c1-13(12(16)19,8-4-3-5-9(14)6-8)17-11(18)10(15)7-20-2;/h3-6,10H,7,15H2,1-2H3,(H2,16,19)(H,17,18);1H. The molecule has 0 heterocycles. The molecule has 0 aliphatic carbocycles. The Morgan fingerprint density at radius 3 is 2.57 bits per heavy atom. The Morgan fingerprint density at radius 1 is 1.48 bits per heavy atom. The van der Waals surface area contributed by atoms with Gasteiger partial charge in [-0.1, -0.05) is 23.7 Å². The van der Waals surface area contributed by atoms with Crippen LogP contribution in [0.3, 0.4) is 0 Å². The predicted molar refractivity (Wildman–Crippen MR) is 83.2 cm³/mol. The van der Waals surface area contributed by atoms with Gasteiger partial charge < -0.3 is 21.5 Å². The number of nitrogens with two attached hydrogens (primary N) is 2. The molecule has 2 unspecified atom stereocenters. The van der Waals surface area contributed by atoms with Crippen molar-refractivity contribution in [2.24, 2.45) is 11.5 Å². The predicted octanol–water partition coefficient (Wildman–Crippen LogP) is 0.552. The van der Waals surface area contributed by atoms with Crippen molar-refractivity contribution in [3.05, 3.63) is 34.9 Å². The summed E-state index contributed by atoms with van der Waals surface area (Å²) in [6, 6.07) is 5.65. The highest BCUT2D eigenvalue weighted by molar-refractivity contribution is 6.30. The zero-order valence-electron chi connectivity index (χ0n) is 11.8. The van der Waals surface area contributed by atoms with Crippen molar-refractivity contribution in [3.63, 3.8) is 0 Å². The van der Waals surface area contributed by atoms with E-state index in [0.717, 1.165) is 0 Å². The van der Waals surface area contributed by atoms with Crippen molar-refractivity contribution < 1.29 is 14.3 Å². The molecule has 0 radical (unpaired) electrons. The fourth-order valence-electron chi connectivity index (χ4n) is 1.67. The third-order valence-corrected chi connectivity index (χ3v) is 3.19. The molecule has 0 fully saturated rings. The largest absolute Gasteiger partial charge is 0.383 e. The molecule has 0 saturated heterocycles. The van der Waals surface area contributed by atoms with Crippen LogP contribution in [0.1, 0.15) is 12.5 Å². The summed E-state index contributed by atoms with van der Waals surface area (Å²) in [5.74, 6) is -1.24. The van der Waals surface area contributed by atoms with E-state index in [2.05, 4.69) is 5.32 Å². The summed E-state index contributed by atoms with van der Waals surface area (Å²) in [4.78, 5) is 23.7. The number of ether oxygens (including phenoxy) is 1. The highest BCUT2D eigenvalue weighted by atomic mass is 35.5. The maximum atomic E-state index is 12.0. The van der Waals surface area contributed by atoms with Crippen molar-refractivity contribution in [2.45, 2.75) is 18.5 Å². The molecule has 6 nitrogen and oxygen atoms in total. The SMILES string of the molecule is COCC(N)C(=O)NC(C)(C(N)=O)c1cccc(Cl)c1.Cl. The molecule has 5 N–H and O–H groups in total. The number of rotatable bonds is 6. The number of hydrogen-bond donors (Lipinski definition) is 3. The van der Waals surface area contributed by atoms with Crippen LogP contribution in [0.4, 0.5) is 0 Å². The summed E-state index contributed by atoms with van der Waals surface area (Å²) in [6.07, 6.45) is 0. The van der Waals surface area contributed by atoms with Gasteiger partial charge in [-0.3, -0.25) is 9.59 Å². The number of carbonyl (C=O) groups excluding carboxylic acids is 2. The fraction of sp³-hybridized carbons (Fsp3) is 0.385. The number of halogens is 2. The summed E-state index contributed by atoms with van der Waals surface area (Å²) in [6.45, 7) is 1.54. The van der Waals surface area contributed by atoms with Crippen LogP contribution in [0.25, 0.3) is 0 Å². The van der Waals surface area contributed by atoms with Gasteiger partial charge in [0, 0.05) is 12.1 Å². The number of nitrogens with one attached hydrogen (secondary N) is 1. The van der Waals surface area contributed by atoms with Crippen LogP contribution < -0.4 is 16.8 Å². The molecule has 0 aliphatic heterocycles. The van der Waals surface area contributed by atoms with E-state index in [1.165, 1.54) is 14.0 Å². The Kier molecular flexibility index (Phi) is 7.67. The van der Waals surface area contributed by atoms with Crippen LogP contribution in [0.2, 0.25) is 5.02 Å². The van der Waals surface area contributed by atoms with Crippen LogP contribution in [0.5, 0.6) is 0 Å². The molecule has 0 aromatic heterocycles. The molecule has 1 aromatic carbocycles. The lowest BCUT2D eigenvalue weighted by Crippen LogP contribution is -2.57. The average molecular weight is 336 g/mol. The molecular weight excluding hydrogens is 317 g/mol. The Morgan fingerprint density at radius 2 is 2.10 bits per heavy atom. The topological polar surface area (TPSA) is 107 Å². The molecule has 21 heavy (non-hydrogen) atoms. The second-order valence-electron chi connectivity index (χ2n) is 4.55. The smallest absolute Gasteiger partial charge is 0.247 e. The van der Waals surface area contributed by atoms with Gasteiger partial charge in [0.15, 0.2) is 0 Å². The minimum atomic E-state index is -1.40. The van der Waals surface area contributed by atoms with Crippen molar-refractivity contribution in [1.29, 1.82) is 0 Å². The summed E-state index contributed by atoms with van der Waals surface area (Å²) >= 11 is 5.89. The number of hydrogen-bond acceptors (Lipinski definition) is 4. The molecule has 118 valence electrons. The average Bonchev–Trinajstić information content (AvgIpc) is 2.38. The van der Waals surface area contributed by atoms with Crippen LogP contribution in [-0.2, 0) is 19.9 Å². The first kappa shape index (κ1) is 19.7. The molecule has 0 bridgehead atoms. The number of benzene rings is 1. The number of amides is 2. The lowest BCUT2D eigenvalue weighted by molar-refractivity contribution is -0.132. The van der Waals surface area contributed by atoms with Gasteiger partial charge in [-0.2, -0.15) is 0 Å². The molecule has 1 rings (SSSR count). The summed E-state index contributed by atoms with van der Waals surface area (Å²) in [5, 5.41) is 2.98. The van der Waals surface area contributed by atoms with E-state index < -0.39 is 23.4 Å². The quantitative estimate of drug-likeness (QED) is 0.705. The summed E-state index contributed by atoms with van der Waals surface area (Å²) in [5.41, 5.74) is 10.1. The molecule has 8 heteroatoms. The number of methoxy groups -OCH3 is 1. The Hall–Kier alpha value is -1.34. The Bertz CT molecular complexity index is 513. The molecule has 1 aromatic rings. The number of primary amides is 1. The first-order chi connectivity index (χ1) is 9.31. The van der Waals surface area contributed by atoms with Gasteiger partial charge in [0.05, 0.1) is 6.61 Å². The Balaban J connectivity index is 0.00000400. The van der Waals surface area contributed by atoms with Gasteiger partial charge in [-0.25, -0.2) is 0 Å². The second kappa shape index (κ2) is 8.19. The van der Waals surface area contributed by atoms with E-state index in [1.54, 1.807) is 24.3 Å². The van der Waals surface area contributed by atoms with Crippen LogP contribution >= 0.6 is 24.0 Å². The molecule has 0 saturated carbocycles. The maximum Gasteiger partial charge on any atom is 0.247 e. The van der Waals surface area contributed by atoms with E-state index >= 15 is 0 Å². The van der Waals surface area contributed by atoms with E-state index in [9.17, 15) is 9.59 Å². The first-order valence-corrected chi connectivity index (χ1v) is 6.31. The van der Waals surface area contributed by atoms with Crippen LogP contribution in [0.15, 0.2) is 24.3 Å². The van der Waals surface area contributed by atoms with E-state index in [-0.39, 0.29) is 19.0 Å². The summed E-state index contributed by atoms with van der Waals surface area (Å²) in [7, 11) is 1.43. The third kappa shape index (κ3) is 4.86. The molecule has 2 atom stereocenters. The first-order valence-electron chi connectivity index (χ1n) is 5.93. The maximum absolute atomic E-state index is 12.0. The van der Waals surface area contributed by atoms with Crippen LogP contribution in [-0.4, -0.2) is 31.6 Å². The van der Waals surface area contributed by atoms with Crippen molar-refractivity contribution in [2.75, 3.05) is 13.7 Å². The molecule has 2 amide bonds. The fourth-order valence-corrected chi connectivity index (χ4v) is 1.86. The van der Waals surface area contributed by atoms with Gasteiger partial charge in [-0.15, -0.1) is 12.4 Å². The minimum Gasteiger partial charge on any atom is -0.383 e. The lowest BCUT2D eigenvalue weighted by atomic mass is 9.91. The van der Waals surface area contributed by atoms with E-state index in [4.69, 9.17) is 27.8 Å². The zero-order chi connectivity index (χ0) is 15.3. The van der Waals surface area contributed by atoms with Gasteiger partial charge in [0.2, 0.25) is 11.8 Å². The van der Waals surface area contributed by atoms with Gasteiger partial charge in [0.1, 0.15) is 11.6 Å². The normalized spacial score (nSPS) is 14.5. The highest BCUT2D eigenvalue weighted by Gasteiger charge is 2.36. The summed E-state index contributed by atoms with van der Waals surface area (Å²) < 4.78 is 4.80. The second-order valence-corrected chi connectivity index (χ2v) is 4.99. The lowest BCUT2D eigenvalue weighted by Gasteiger charge is -2.29. The number of carbonyl (C=O) groups is 2. The molecule has 0 spiro atoms. The van der Waals surface area contributed by atoms with Crippen molar-refractivity contribution >= 4 is 35.8 Å². The van der Waals surface area contributed by atoms with Crippen LogP contribution in [0, 0.1) is 0 Å². The van der Waals surface area contributed by atoms with Crippen molar-refractivity contribution in [1.82, 2.24) is 5.32 Å². The minimum absolute atomic E-state index is 0. The van der Waals surface area contributed by atoms with Gasteiger partial charge >= 0.3 is 0 Å². The third-order valence-electron chi connectivity index (χ3n) is 2.95. The van der Waals surface area contributed by atoms with E-state index in [0.29, 0.717) is 10.6 Å². The van der Waals surface area contributed by atoms with Gasteiger partial charge in [-0.05, 0) is 24.6 Å². The monoisotopic (exact) mass is 335 g/mol. The molecular formula is C13H19Cl2N3O3. The Labute approximate surface area is 134 Å².